The highest BCUT2D eigenvalue weighted by molar-refractivity contribution is 6.12. The van der Waals surface area contributed by atoms with Crippen LogP contribution in [0.2, 0.25) is 0 Å². The van der Waals surface area contributed by atoms with E-state index in [0.29, 0.717) is 0 Å². The zero-order valence-corrected chi connectivity index (χ0v) is 21.8. The van der Waals surface area contributed by atoms with Gasteiger partial charge in [-0.2, -0.15) is 0 Å². The van der Waals surface area contributed by atoms with Gasteiger partial charge in [0.2, 0.25) is 0 Å². The number of nitrogens with zero attached hydrogens (tertiary/aromatic N) is 2. The lowest BCUT2D eigenvalue weighted by atomic mass is 9.75. The fourth-order valence-electron chi connectivity index (χ4n) is 6.35. The van der Waals surface area contributed by atoms with Gasteiger partial charge in [-0.15, -0.1) is 0 Å². The van der Waals surface area contributed by atoms with Crippen LogP contribution in [0.25, 0.3) is 38.6 Å². The third-order valence-corrected chi connectivity index (χ3v) is 8.31. The molecule has 0 radical (unpaired) electrons. The van der Waals surface area contributed by atoms with Crippen molar-refractivity contribution < 1.29 is 0 Å². The fraction of sp³-hybridized carbons (Fsp3) is 0.143. The average Bonchev–Trinajstić information content (AvgIpc) is 3.26. The van der Waals surface area contributed by atoms with Gasteiger partial charge in [0.15, 0.2) is 0 Å². The van der Waals surface area contributed by atoms with Gasteiger partial charge in [-0.25, -0.2) is 0 Å². The van der Waals surface area contributed by atoms with E-state index >= 15 is 0 Å². The van der Waals surface area contributed by atoms with Gasteiger partial charge in [0.05, 0.1) is 16.7 Å². The minimum Gasteiger partial charge on any atom is -0.344 e. The molecular weight excluding hydrogens is 448 g/mol. The average molecular weight is 479 g/mol. The summed E-state index contributed by atoms with van der Waals surface area (Å²) in [4.78, 5) is 2.26. The van der Waals surface area contributed by atoms with Crippen LogP contribution in [0.4, 0.5) is 11.4 Å². The van der Waals surface area contributed by atoms with Gasteiger partial charge < -0.3 is 9.47 Å². The van der Waals surface area contributed by atoms with Crippen molar-refractivity contribution in [1.29, 1.82) is 0 Å². The van der Waals surface area contributed by atoms with E-state index in [9.17, 15) is 0 Å². The second-order valence-corrected chi connectivity index (χ2v) is 10.8. The summed E-state index contributed by atoms with van der Waals surface area (Å²) >= 11 is 0. The van der Waals surface area contributed by atoms with E-state index in [1.165, 1.54) is 66.7 Å². The van der Waals surface area contributed by atoms with Crippen LogP contribution in [0.5, 0.6) is 0 Å². The monoisotopic (exact) mass is 478 g/mol. The topological polar surface area (TPSA) is 8.17 Å². The fourth-order valence-corrected chi connectivity index (χ4v) is 6.35. The predicted molar refractivity (Wildman–Crippen MR) is 158 cm³/mol. The molecule has 0 atom stereocenters. The summed E-state index contributed by atoms with van der Waals surface area (Å²) in [5, 5.41) is 2.64. The Morgan fingerprint density at radius 2 is 1.35 bits per heavy atom. The highest BCUT2D eigenvalue weighted by Crippen LogP contribution is 2.47. The van der Waals surface area contributed by atoms with E-state index in [1.54, 1.807) is 0 Å². The van der Waals surface area contributed by atoms with Crippen molar-refractivity contribution in [2.75, 3.05) is 11.9 Å². The zero-order chi connectivity index (χ0) is 25.3. The Bertz CT molecular complexity index is 1820. The SMILES string of the molecule is Cc1cc(-c2ccc3c(c2)c2cccc4c2n3-c2ccccc2C4(C)C)ccc1N(C)c1ccccc1. The van der Waals surface area contributed by atoms with Gasteiger partial charge >= 0.3 is 0 Å². The number of anilines is 2. The van der Waals surface area contributed by atoms with Crippen LogP contribution in [0, 0.1) is 6.92 Å². The van der Waals surface area contributed by atoms with Crippen LogP contribution in [0.15, 0.2) is 109 Å². The summed E-state index contributed by atoms with van der Waals surface area (Å²) in [6, 6.07) is 40.0. The van der Waals surface area contributed by atoms with Crippen LogP contribution in [0.1, 0.15) is 30.5 Å². The molecule has 0 aliphatic carbocycles. The van der Waals surface area contributed by atoms with Gasteiger partial charge in [-0.3, -0.25) is 0 Å². The van der Waals surface area contributed by atoms with Crippen molar-refractivity contribution in [1.82, 2.24) is 4.57 Å². The van der Waals surface area contributed by atoms with Crippen LogP contribution in [-0.4, -0.2) is 11.6 Å². The molecule has 7 rings (SSSR count). The maximum absolute atomic E-state index is 2.48. The highest BCUT2D eigenvalue weighted by atomic mass is 15.1. The summed E-state index contributed by atoms with van der Waals surface area (Å²) in [7, 11) is 2.14. The van der Waals surface area contributed by atoms with Crippen molar-refractivity contribution in [3.63, 3.8) is 0 Å². The molecule has 1 aliphatic heterocycles. The van der Waals surface area contributed by atoms with Gasteiger partial charge in [-0.1, -0.05) is 80.6 Å². The lowest BCUT2D eigenvalue weighted by Gasteiger charge is -2.34. The molecule has 2 heterocycles. The number of fused-ring (bicyclic) bond motifs is 5. The standard InChI is InChI=1S/C35H30N2/c1-23-21-24(17-19-31(23)36(4)26-11-6-5-7-12-26)25-18-20-32-28(22-25)27-13-10-15-30-34(27)37(32)33-16-9-8-14-29(33)35(30,2)3/h5-22H,1-4H3. The van der Waals surface area contributed by atoms with Gasteiger partial charge in [0.25, 0.3) is 0 Å². The third-order valence-electron chi connectivity index (χ3n) is 8.31. The summed E-state index contributed by atoms with van der Waals surface area (Å²) < 4.78 is 2.48. The van der Waals surface area contributed by atoms with Crippen molar-refractivity contribution >= 4 is 33.2 Å². The lowest BCUT2D eigenvalue weighted by molar-refractivity contribution is 0.630. The normalized spacial score (nSPS) is 13.6. The summed E-state index contributed by atoms with van der Waals surface area (Å²) in [6.45, 7) is 6.91. The maximum Gasteiger partial charge on any atom is 0.0582 e. The minimum atomic E-state index is -0.0406. The predicted octanol–water partition coefficient (Wildman–Crippen LogP) is 9.17. The molecule has 2 nitrogen and oxygen atoms in total. The van der Waals surface area contributed by atoms with Crippen molar-refractivity contribution in [3.8, 4) is 16.8 Å². The molecule has 0 N–H and O–H groups in total. The third kappa shape index (κ3) is 3.12. The molecule has 6 aromatic rings. The molecule has 37 heavy (non-hydrogen) atoms. The first-order chi connectivity index (χ1) is 17.9. The summed E-state index contributed by atoms with van der Waals surface area (Å²) in [5.41, 5.74) is 12.8. The highest BCUT2D eigenvalue weighted by Gasteiger charge is 2.34. The number of para-hydroxylation sites is 3. The first-order valence-electron chi connectivity index (χ1n) is 13.0. The molecular formula is C35H30N2. The molecule has 2 heteroatoms. The Balaban J connectivity index is 1.40. The van der Waals surface area contributed by atoms with E-state index < -0.39 is 0 Å². The van der Waals surface area contributed by atoms with E-state index in [0.717, 1.165) is 0 Å². The number of hydrogen-bond acceptors (Lipinski definition) is 1. The second-order valence-electron chi connectivity index (χ2n) is 10.8. The minimum absolute atomic E-state index is 0.0406. The molecule has 180 valence electrons. The molecule has 0 fully saturated rings. The first-order valence-corrected chi connectivity index (χ1v) is 13.0. The summed E-state index contributed by atoms with van der Waals surface area (Å²) in [6.07, 6.45) is 0. The first kappa shape index (κ1) is 21.9. The number of hydrogen-bond donors (Lipinski definition) is 0. The van der Waals surface area contributed by atoms with Crippen LogP contribution in [0.3, 0.4) is 0 Å². The quantitative estimate of drug-likeness (QED) is 0.246. The number of aromatic nitrogens is 1. The van der Waals surface area contributed by atoms with Crippen molar-refractivity contribution in [2.24, 2.45) is 0 Å². The van der Waals surface area contributed by atoms with E-state index in [4.69, 9.17) is 0 Å². The smallest absolute Gasteiger partial charge is 0.0582 e. The number of aryl methyl sites for hydroxylation is 1. The largest absolute Gasteiger partial charge is 0.344 e. The molecule has 0 amide bonds. The lowest BCUT2D eigenvalue weighted by Crippen LogP contribution is -2.26. The van der Waals surface area contributed by atoms with E-state index in [1.807, 2.05) is 0 Å². The second kappa shape index (κ2) is 7.85. The Labute approximate surface area is 218 Å². The van der Waals surface area contributed by atoms with E-state index in [-0.39, 0.29) is 5.41 Å². The van der Waals surface area contributed by atoms with E-state index in [2.05, 4.69) is 146 Å². The molecule has 0 spiro atoms. The molecule has 0 saturated carbocycles. The van der Waals surface area contributed by atoms with Crippen LogP contribution >= 0.6 is 0 Å². The Morgan fingerprint density at radius 3 is 2.16 bits per heavy atom. The molecule has 0 bridgehead atoms. The molecule has 5 aromatic carbocycles. The summed E-state index contributed by atoms with van der Waals surface area (Å²) in [5.74, 6) is 0. The maximum atomic E-state index is 2.48. The van der Waals surface area contributed by atoms with Gasteiger partial charge in [0, 0.05) is 34.6 Å². The Morgan fingerprint density at radius 1 is 0.649 bits per heavy atom. The Hall–Kier alpha value is -4.30. The molecule has 0 saturated heterocycles. The van der Waals surface area contributed by atoms with Crippen molar-refractivity contribution in [2.45, 2.75) is 26.2 Å². The van der Waals surface area contributed by atoms with Crippen molar-refractivity contribution in [3.05, 3.63) is 126 Å². The Kier molecular flexibility index (Phi) is 4.65. The van der Waals surface area contributed by atoms with Crippen LogP contribution in [-0.2, 0) is 5.41 Å². The number of benzene rings is 5. The number of rotatable bonds is 3. The molecule has 1 aromatic heterocycles. The van der Waals surface area contributed by atoms with Crippen LogP contribution < -0.4 is 4.90 Å². The van der Waals surface area contributed by atoms with Gasteiger partial charge in [-0.05, 0) is 77.2 Å². The molecule has 1 aliphatic rings. The van der Waals surface area contributed by atoms with Gasteiger partial charge in [0.1, 0.15) is 0 Å². The molecule has 0 unspecified atom stereocenters. The zero-order valence-electron chi connectivity index (χ0n) is 21.8.